The van der Waals surface area contributed by atoms with Crippen molar-refractivity contribution in [2.45, 2.75) is 27.7 Å². The first-order valence-corrected chi connectivity index (χ1v) is 12.4. The van der Waals surface area contributed by atoms with E-state index in [4.69, 9.17) is 11.5 Å². The van der Waals surface area contributed by atoms with E-state index in [1.165, 1.54) is 29.8 Å². The van der Waals surface area contributed by atoms with Gasteiger partial charge in [0.15, 0.2) is 0 Å². The van der Waals surface area contributed by atoms with Gasteiger partial charge in [-0.3, -0.25) is 5.32 Å². The molecule has 8 nitrogen and oxygen atoms in total. The van der Waals surface area contributed by atoms with Gasteiger partial charge in [0.2, 0.25) is 0 Å². The smallest absolute Gasteiger partial charge is 0.324 e. The molecule has 4 rings (SSSR count). The summed E-state index contributed by atoms with van der Waals surface area (Å²) in [5.74, 6) is -0.0542. The molecule has 0 unspecified atom stereocenters. The van der Waals surface area contributed by atoms with Crippen LogP contribution in [0.5, 0.6) is 0 Å². The van der Waals surface area contributed by atoms with Crippen LogP contribution in [0.3, 0.4) is 0 Å². The molecular weight excluding hydrogens is 489 g/mol. The molecule has 6 N–H and O–H groups in total. The molecule has 0 bridgehead atoms. The summed E-state index contributed by atoms with van der Waals surface area (Å²) in [4.78, 5) is 26.3. The number of aryl methyl sites for hydroxylation is 1. The fraction of sp³-hybridized carbons (Fsp3) is 0.185. The summed E-state index contributed by atoms with van der Waals surface area (Å²) in [5, 5.41) is 7.75. The zero-order chi connectivity index (χ0) is 26.7. The number of aromatic nitrogens is 2. The molecule has 0 aliphatic carbocycles. The fourth-order valence-electron chi connectivity index (χ4n) is 3.38. The number of halogens is 1. The number of benzene rings is 2. The number of amidine groups is 1. The van der Waals surface area contributed by atoms with E-state index in [1.807, 2.05) is 57.3 Å². The number of hydrogen-bond donors (Lipinski definition) is 4. The van der Waals surface area contributed by atoms with Crippen LogP contribution in [0, 0.1) is 18.2 Å². The Balaban J connectivity index is 1.57. The zero-order valence-corrected chi connectivity index (χ0v) is 21.8. The van der Waals surface area contributed by atoms with Crippen LogP contribution in [0.2, 0.25) is 0 Å². The Morgan fingerprint density at radius 2 is 1.86 bits per heavy atom. The third-order valence-electron chi connectivity index (χ3n) is 5.61. The molecule has 0 fully saturated rings. The number of amides is 2. The molecule has 0 atom stereocenters. The summed E-state index contributed by atoms with van der Waals surface area (Å²) < 4.78 is 15.0. The standard InChI is InChI=1S/C27H28FN7OS/c1-15-5-8-17(9-6-15)33-22(12-21(29)27(2,3)4)35-26(36)34-20-10-7-16(11-19(20)28)18-13-37-25-23(18)24(30)31-14-32-25/h5-14H,29H2,1-4H3,(H2,30,31,32)(H2,33,34,35,36). The Morgan fingerprint density at radius 3 is 2.54 bits per heavy atom. The lowest BCUT2D eigenvalue weighted by atomic mass is 9.92. The van der Waals surface area contributed by atoms with Crippen molar-refractivity contribution in [3.63, 3.8) is 0 Å². The molecule has 2 aromatic carbocycles. The molecule has 0 saturated carbocycles. The highest BCUT2D eigenvalue weighted by Crippen LogP contribution is 2.36. The van der Waals surface area contributed by atoms with E-state index < -0.39 is 11.8 Å². The highest BCUT2D eigenvalue weighted by molar-refractivity contribution is 7.17. The van der Waals surface area contributed by atoms with Crippen LogP contribution in [0.1, 0.15) is 26.3 Å². The minimum Gasteiger partial charge on any atom is -0.401 e. The fourth-order valence-corrected chi connectivity index (χ4v) is 4.31. The number of nitrogens with one attached hydrogen (secondary N) is 2. The molecule has 0 aliphatic heterocycles. The van der Waals surface area contributed by atoms with Gasteiger partial charge in [0.25, 0.3) is 0 Å². The number of nitrogen functional groups attached to an aromatic ring is 1. The number of hydrogen-bond acceptors (Lipinski definition) is 7. The number of urea groups is 1. The van der Waals surface area contributed by atoms with E-state index in [9.17, 15) is 4.79 Å². The molecule has 2 aromatic heterocycles. The van der Waals surface area contributed by atoms with Crippen molar-refractivity contribution in [1.82, 2.24) is 15.3 Å². The van der Waals surface area contributed by atoms with Gasteiger partial charge in [-0.25, -0.2) is 24.1 Å². The van der Waals surface area contributed by atoms with E-state index >= 15 is 4.39 Å². The number of nitrogens with zero attached hydrogens (tertiary/aromatic N) is 3. The van der Waals surface area contributed by atoms with Crippen molar-refractivity contribution >= 4 is 50.6 Å². The molecule has 190 valence electrons. The Bertz CT molecular complexity index is 1520. The lowest BCUT2D eigenvalue weighted by molar-refractivity contribution is 0.256. The Labute approximate surface area is 218 Å². The molecule has 37 heavy (non-hydrogen) atoms. The number of carbonyl (C=O) groups is 1. The molecule has 0 radical (unpaired) electrons. The topological polar surface area (TPSA) is 131 Å². The molecule has 10 heteroatoms. The van der Waals surface area contributed by atoms with Crippen molar-refractivity contribution in [1.29, 1.82) is 0 Å². The number of carbonyl (C=O) groups excluding carboxylic acids is 1. The number of rotatable bonds is 4. The average molecular weight is 518 g/mol. The second-order valence-electron chi connectivity index (χ2n) is 9.54. The molecule has 2 amide bonds. The number of allylic oxidation sites excluding steroid dienone is 1. The molecule has 0 spiro atoms. The maximum Gasteiger partial charge on any atom is 0.324 e. The average Bonchev–Trinajstić information content (AvgIpc) is 3.27. The lowest BCUT2D eigenvalue weighted by Gasteiger charge is -2.19. The quantitative estimate of drug-likeness (QED) is 0.191. The summed E-state index contributed by atoms with van der Waals surface area (Å²) >= 11 is 1.40. The second kappa shape index (κ2) is 10.4. The van der Waals surface area contributed by atoms with Crippen LogP contribution in [0.25, 0.3) is 21.3 Å². The first-order chi connectivity index (χ1) is 17.5. The largest absolute Gasteiger partial charge is 0.401 e. The van der Waals surface area contributed by atoms with Crippen LogP contribution in [-0.2, 0) is 0 Å². The number of thiophene rings is 1. The van der Waals surface area contributed by atoms with E-state index in [0.29, 0.717) is 33.0 Å². The van der Waals surface area contributed by atoms with E-state index in [0.717, 1.165) is 11.1 Å². The molecular formula is C27H28FN7OS. The molecule has 0 saturated heterocycles. The first kappa shape index (κ1) is 25.8. The minimum absolute atomic E-state index is 0.00691. The summed E-state index contributed by atoms with van der Waals surface area (Å²) in [6.45, 7) is 7.84. The van der Waals surface area contributed by atoms with Crippen molar-refractivity contribution in [2.75, 3.05) is 11.1 Å². The van der Waals surface area contributed by atoms with Crippen LogP contribution in [0.15, 0.2) is 70.9 Å². The number of aliphatic imine (C=N–C) groups is 1. The number of fused-ring (bicyclic) bond motifs is 1. The minimum atomic E-state index is -0.658. The van der Waals surface area contributed by atoms with E-state index in [-0.39, 0.29) is 16.9 Å². The highest BCUT2D eigenvalue weighted by Gasteiger charge is 2.17. The summed E-state index contributed by atoms with van der Waals surface area (Å²) in [6.07, 6.45) is 3.00. The zero-order valence-electron chi connectivity index (χ0n) is 21.0. The number of anilines is 2. The van der Waals surface area contributed by atoms with Crippen molar-refractivity contribution in [3.8, 4) is 11.1 Å². The maximum atomic E-state index is 15.0. The molecule has 0 aliphatic rings. The Morgan fingerprint density at radius 1 is 1.14 bits per heavy atom. The lowest BCUT2D eigenvalue weighted by Crippen LogP contribution is -2.34. The number of nitrogens with two attached hydrogens (primary N) is 2. The van der Waals surface area contributed by atoms with E-state index in [2.05, 4.69) is 25.6 Å². The van der Waals surface area contributed by atoms with Gasteiger partial charge in [0.1, 0.15) is 28.6 Å². The summed E-state index contributed by atoms with van der Waals surface area (Å²) in [6, 6.07) is 11.4. The SMILES string of the molecule is Cc1ccc(N=C(C=C(N)C(C)(C)C)NC(=O)Nc2ccc(-c3csc4ncnc(N)c34)cc2F)cc1. The van der Waals surface area contributed by atoms with Crippen LogP contribution in [0.4, 0.5) is 26.4 Å². The van der Waals surface area contributed by atoms with Gasteiger partial charge in [0, 0.05) is 28.1 Å². The predicted molar refractivity (Wildman–Crippen MR) is 149 cm³/mol. The van der Waals surface area contributed by atoms with Crippen LogP contribution in [-0.4, -0.2) is 21.8 Å². The van der Waals surface area contributed by atoms with Gasteiger partial charge in [-0.15, -0.1) is 11.3 Å². The molecule has 4 aromatic rings. The van der Waals surface area contributed by atoms with Gasteiger partial charge in [-0.1, -0.05) is 44.5 Å². The van der Waals surface area contributed by atoms with Crippen LogP contribution >= 0.6 is 11.3 Å². The monoisotopic (exact) mass is 517 g/mol. The maximum absolute atomic E-state index is 15.0. The third kappa shape index (κ3) is 6.10. The molecule has 2 heterocycles. The highest BCUT2D eigenvalue weighted by atomic mass is 32.1. The first-order valence-electron chi connectivity index (χ1n) is 11.5. The van der Waals surface area contributed by atoms with Gasteiger partial charge < -0.3 is 16.8 Å². The Hall–Kier alpha value is -4.31. The third-order valence-corrected chi connectivity index (χ3v) is 6.50. The van der Waals surface area contributed by atoms with Gasteiger partial charge in [0.05, 0.1) is 16.8 Å². The van der Waals surface area contributed by atoms with Crippen LogP contribution < -0.4 is 22.1 Å². The van der Waals surface area contributed by atoms with Crippen molar-refractivity contribution < 1.29 is 9.18 Å². The van der Waals surface area contributed by atoms with Crippen molar-refractivity contribution in [3.05, 3.63) is 77.3 Å². The van der Waals surface area contributed by atoms with Gasteiger partial charge >= 0.3 is 6.03 Å². The van der Waals surface area contributed by atoms with Crippen molar-refractivity contribution in [2.24, 2.45) is 16.1 Å². The normalized spacial score (nSPS) is 12.6. The Kier molecular flexibility index (Phi) is 7.21. The summed E-state index contributed by atoms with van der Waals surface area (Å²) in [7, 11) is 0. The predicted octanol–water partition coefficient (Wildman–Crippen LogP) is 6.13. The summed E-state index contributed by atoms with van der Waals surface area (Å²) in [5.41, 5.74) is 15.5. The second-order valence-corrected chi connectivity index (χ2v) is 10.4. The van der Waals surface area contributed by atoms with Gasteiger partial charge in [-0.05, 0) is 36.8 Å². The van der Waals surface area contributed by atoms with Gasteiger partial charge in [-0.2, -0.15) is 0 Å². The van der Waals surface area contributed by atoms with E-state index in [1.54, 1.807) is 12.1 Å².